The molecule has 1 atom stereocenters. The lowest BCUT2D eigenvalue weighted by atomic mass is 9.90. The number of rotatable bonds is 6. The first-order chi connectivity index (χ1) is 16.9. The van der Waals surface area contributed by atoms with Gasteiger partial charge < -0.3 is 10.1 Å². The van der Waals surface area contributed by atoms with E-state index in [0.717, 1.165) is 17.7 Å². The van der Waals surface area contributed by atoms with Crippen molar-refractivity contribution in [1.82, 2.24) is 9.97 Å². The monoisotopic (exact) mass is 509 g/mol. The number of methoxy groups -OCH3 is 1. The van der Waals surface area contributed by atoms with Crippen molar-refractivity contribution in [1.29, 1.82) is 0 Å². The molecule has 178 valence electrons. The van der Waals surface area contributed by atoms with E-state index in [0.29, 0.717) is 43.9 Å². The van der Waals surface area contributed by atoms with Gasteiger partial charge in [0, 0.05) is 22.6 Å². The number of aryl methyl sites for hydroxylation is 1. The highest BCUT2D eigenvalue weighted by atomic mass is 32.1. The first-order valence-corrected chi connectivity index (χ1v) is 12.4. The number of thiazole rings is 2. The summed E-state index contributed by atoms with van der Waals surface area (Å²) in [6.07, 6.45) is 2.25. The van der Waals surface area contributed by atoms with Gasteiger partial charge in [-0.25, -0.2) is 9.97 Å². The fourth-order valence-corrected chi connectivity index (χ4v) is 5.87. The van der Waals surface area contributed by atoms with Crippen LogP contribution in [0.15, 0.2) is 42.5 Å². The Kier molecular flexibility index (Phi) is 6.14. The molecule has 0 bridgehead atoms. The summed E-state index contributed by atoms with van der Waals surface area (Å²) in [5, 5.41) is 17.5. The highest BCUT2D eigenvalue weighted by molar-refractivity contribution is 7.22. The number of carbonyl (C=O) groups excluding carboxylic acids is 2. The third kappa shape index (κ3) is 4.70. The number of carbonyl (C=O) groups is 2. The van der Waals surface area contributed by atoms with E-state index in [1.165, 1.54) is 34.8 Å². The Morgan fingerprint density at radius 1 is 1.09 bits per heavy atom. The molecule has 0 radical (unpaired) electrons. The van der Waals surface area contributed by atoms with Crippen LogP contribution in [0.2, 0.25) is 0 Å². The number of fused-ring (bicyclic) bond motifs is 2. The van der Waals surface area contributed by atoms with Gasteiger partial charge in [0.05, 0.1) is 33.9 Å². The van der Waals surface area contributed by atoms with Crippen LogP contribution in [-0.4, -0.2) is 33.8 Å². The Bertz CT molecular complexity index is 1450. The predicted molar refractivity (Wildman–Crippen MR) is 134 cm³/mol. The maximum Gasteiger partial charge on any atom is 0.270 e. The maximum atomic E-state index is 13.1. The number of anilines is 2. The summed E-state index contributed by atoms with van der Waals surface area (Å²) in [4.78, 5) is 46.2. The number of ether oxygens (including phenoxy) is 1. The molecule has 2 aromatic carbocycles. The molecule has 4 aromatic rings. The quantitative estimate of drug-likeness (QED) is 0.276. The second-order valence-corrected chi connectivity index (χ2v) is 9.99. The fourth-order valence-electron chi connectivity index (χ4n) is 3.91. The van der Waals surface area contributed by atoms with Crippen LogP contribution in [0.1, 0.15) is 39.7 Å². The summed E-state index contributed by atoms with van der Waals surface area (Å²) in [6, 6.07) is 11.2. The number of nitro benzene ring substituents is 1. The van der Waals surface area contributed by atoms with Crippen LogP contribution in [0.3, 0.4) is 0 Å². The predicted octanol–water partition coefficient (Wildman–Crippen LogP) is 4.98. The Balaban J connectivity index is 1.31. The topological polar surface area (TPSA) is 136 Å². The molecule has 1 aliphatic carbocycles. The van der Waals surface area contributed by atoms with Crippen molar-refractivity contribution in [2.75, 3.05) is 17.7 Å². The molecule has 35 heavy (non-hydrogen) atoms. The van der Waals surface area contributed by atoms with Crippen LogP contribution in [0.25, 0.3) is 10.2 Å². The van der Waals surface area contributed by atoms with Crippen molar-refractivity contribution < 1.29 is 19.2 Å². The number of non-ortho nitro benzene ring substituents is 1. The minimum atomic E-state index is -0.469. The van der Waals surface area contributed by atoms with Gasteiger partial charge in [0.25, 0.3) is 11.6 Å². The molecular weight excluding hydrogens is 490 g/mol. The van der Waals surface area contributed by atoms with E-state index >= 15 is 0 Å². The zero-order chi connectivity index (χ0) is 24.5. The molecule has 0 aliphatic heterocycles. The van der Waals surface area contributed by atoms with Crippen molar-refractivity contribution in [3.8, 4) is 5.75 Å². The second kappa shape index (κ2) is 9.39. The second-order valence-electron chi connectivity index (χ2n) is 7.87. The zero-order valence-corrected chi connectivity index (χ0v) is 20.1. The van der Waals surface area contributed by atoms with Crippen LogP contribution < -0.4 is 15.4 Å². The lowest BCUT2D eigenvalue weighted by Gasteiger charge is -2.19. The molecule has 12 heteroatoms. The van der Waals surface area contributed by atoms with E-state index in [1.54, 1.807) is 37.4 Å². The summed E-state index contributed by atoms with van der Waals surface area (Å²) in [5.74, 6) is -0.337. The normalized spacial score (nSPS) is 14.8. The van der Waals surface area contributed by atoms with Gasteiger partial charge in [0.1, 0.15) is 5.75 Å². The summed E-state index contributed by atoms with van der Waals surface area (Å²) >= 11 is 2.56. The van der Waals surface area contributed by atoms with E-state index in [1.807, 2.05) is 0 Å². The summed E-state index contributed by atoms with van der Waals surface area (Å²) in [5.41, 5.74) is 1.70. The van der Waals surface area contributed by atoms with Crippen molar-refractivity contribution in [2.45, 2.75) is 25.2 Å². The number of nitro groups is 1. The van der Waals surface area contributed by atoms with E-state index in [4.69, 9.17) is 4.74 Å². The average molecular weight is 510 g/mol. The van der Waals surface area contributed by atoms with Crippen LogP contribution in [0.5, 0.6) is 5.75 Å². The number of hydrogen-bond acceptors (Lipinski definition) is 9. The molecular formula is C23H19N5O5S2. The van der Waals surface area contributed by atoms with Crippen molar-refractivity contribution in [3.05, 3.63) is 68.7 Å². The molecule has 2 N–H and O–H groups in total. The molecule has 0 saturated carbocycles. The van der Waals surface area contributed by atoms with Crippen molar-refractivity contribution in [3.63, 3.8) is 0 Å². The minimum Gasteiger partial charge on any atom is -0.497 e. The lowest BCUT2D eigenvalue weighted by Crippen LogP contribution is -2.24. The summed E-state index contributed by atoms with van der Waals surface area (Å²) < 4.78 is 5.74. The van der Waals surface area contributed by atoms with Gasteiger partial charge in [0.15, 0.2) is 10.3 Å². The van der Waals surface area contributed by atoms with Gasteiger partial charge in [0.2, 0.25) is 5.91 Å². The van der Waals surface area contributed by atoms with Gasteiger partial charge in [-0.05, 0) is 49.6 Å². The highest BCUT2D eigenvalue weighted by Crippen LogP contribution is 2.38. The van der Waals surface area contributed by atoms with Crippen LogP contribution in [0.4, 0.5) is 16.0 Å². The number of hydrogen-bond donors (Lipinski definition) is 2. The fraction of sp³-hybridized carbons (Fsp3) is 0.217. The Hall–Kier alpha value is -3.90. The van der Waals surface area contributed by atoms with Gasteiger partial charge >= 0.3 is 0 Å². The summed E-state index contributed by atoms with van der Waals surface area (Å²) in [7, 11) is 1.56. The highest BCUT2D eigenvalue weighted by Gasteiger charge is 2.31. The molecule has 1 aliphatic rings. The third-order valence-corrected chi connectivity index (χ3v) is 7.64. The SMILES string of the molecule is COc1ccc(C(=O)Nc2nc3c(s2)CCCC3C(=O)Nc2nc3ccc([N+](=O)[O-])cc3s2)cc1. The number of nitrogens with one attached hydrogen (secondary N) is 2. The molecule has 1 unspecified atom stereocenters. The Labute approximate surface area is 207 Å². The Morgan fingerprint density at radius 3 is 2.60 bits per heavy atom. The molecule has 0 fully saturated rings. The van der Waals surface area contributed by atoms with Gasteiger partial charge in [-0.3, -0.25) is 25.0 Å². The first-order valence-electron chi connectivity index (χ1n) is 10.7. The lowest BCUT2D eigenvalue weighted by molar-refractivity contribution is -0.384. The molecule has 10 nitrogen and oxygen atoms in total. The van der Waals surface area contributed by atoms with E-state index in [2.05, 4.69) is 20.6 Å². The van der Waals surface area contributed by atoms with Crippen molar-refractivity contribution >= 4 is 60.7 Å². The zero-order valence-electron chi connectivity index (χ0n) is 18.4. The number of amides is 2. The van der Waals surface area contributed by atoms with Gasteiger partial charge in [-0.15, -0.1) is 11.3 Å². The Morgan fingerprint density at radius 2 is 1.86 bits per heavy atom. The van der Waals surface area contributed by atoms with E-state index in [-0.39, 0.29) is 17.5 Å². The summed E-state index contributed by atoms with van der Waals surface area (Å²) in [6.45, 7) is 0. The van der Waals surface area contributed by atoms with Crippen molar-refractivity contribution in [2.24, 2.45) is 0 Å². The van der Waals surface area contributed by atoms with E-state index < -0.39 is 10.8 Å². The molecule has 2 heterocycles. The largest absolute Gasteiger partial charge is 0.497 e. The molecule has 2 amide bonds. The van der Waals surface area contributed by atoms with Gasteiger partial charge in [-0.1, -0.05) is 11.3 Å². The third-order valence-electron chi connectivity index (χ3n) is 5.66. The van der Waals surface area contributed by atoms with Gasteiger partial charge in [-0.2, -0.15) is 0 Å². The number of aromatic nitrogens is 2. The molecule has 0 spiro atoms. The molecule has 5 rings (SSSR count). The standard InChI is InChI=1S/C23H19N5O5S2/c1-33-14-8-5-12(6-9-14)20(29)26-23-25-19-15(3-2-4-17(19)34-23)21(30)27-22-24-16-10-7-13(28(31)32)11-18(16)35-22/h5-11,15H,2-4H2,1H3,(H,24,27,30)(H,25,26,29). The maximum absolute atomic E-state index is 13.1. The van der Waals surface area contributed by atoms with E-state index in [9.17, 15) is 19.7 Å². The average Bonchev–Trinajstić information content (AvgIpc) is 3.45. The van der Waals surface area contributed by atoms with Crippen LogP contribution >= 0.6 is 22.7 Å². The minimum absolute atomic E-state index is 0.0253. The first kappa shape index (κ1) is 22.9. The molecule has 2 aromatic heterocycles. The number of nitrogens with zero attached hydrogens (tertiary/aromatic N) is 3. The van der Waals surface area contributed by atoms with Crippen LogP contribution in [0, 0.1) is 10.1 Å². The number of benzene rings is 2. The van der Waals surface area contributed by atoms with Crippen LogP contribution in [-0.2, 0) is 11.2 Å². The molecule has 0 saturated heterocycles. The smallest absolute Gasteiger partial charge is 0.270 e.